The zero-order chi connectivity index (χ0) is 21.4. The fraction of sp³-hybridized carbons (Fsp3) is 0.263. The van der Waals surface area contributed by atoms with E-state index in [-0.39, 0.29) is 35.3 Å². The monoisotopic (exact) mass is 433 g/mol. The Hall–Kier alpha value is -2.90. The van der Waals surface area contributed by atoms with Crippen LogP contribution in [0.15, 0.2) is 50.5 Å². The van der Waals surface area contributed by atoms with E-state index in [2.05, 4.69) is 4.99 Å². The maximum absolute atomic E-state index is 12.6. The van der Waals surface area contributed by atoms with Gasteiger partial charge in [0.15, 0.2) is 16.9 Å². The SMILES string of the molecule is CCOC(=O)C(C#N)=C(SC)SC1=Nc2ccccc2OC(N)=C1C(=O)OCC. The second kappa shape index (κ2) is 10.6. The van der Waals surface area contributed by atoms with E-state index in [1.807, 2.05) is 6.07 Å². The molecule has 1 aromatic carbocycles. The number of nitriles is 1. The summed E-state index contributed by atoms with van der Waals surface area (Å²) in [7, 11) is 0. The summed E-state index contributed by atoms with van der Waals surface area (Å²) in [5, 5.41) is 9.60. The van der Waals surface area contributed by atoms with Crippen LogP contribution < -0.4 is 10.5 Å². The van der Waals surface area contributed by atoms with Crippen LogP contribution in [-0.2, 0) is 19.1 Å². The summed E-state index contributed by atoms with van der Waals surface area (Å²) in [5.74, 6) is -1.30. The highest BCUT2D eigenvalue weighted by molar-refractivity contribution is 8.29. The largest absolute Gasteiger partial charge is 0.462 e. The summed E-state index contributed by atoms with van der Waals surface area (Å²) in [6.07, 6.45) is 1.69. The summed E-state index contributed by atoms with van der Waals surface area (Å²) in [6, 6.07) is 8.70. The highest BCUT2D eigenvalue weighted by Gasteiger charge is 2.29. The van der Waals surface area contributed by atoms with Crippen molar-refractivity contribution in [3.05, 3.63) is 45.5 Å². The summed E-state index contributed by atoms with van der Waals surface area (Å²) in [6.45, 7) is 3.55. The minimum absolute atomic E-state index is 0.0826. The minimum atomic E-state index is -0.757. The number of thioether (sulfide) groups is 2. The Morgan fingerprint density at radius 1 is 1.24 bits per heavy atom. The average Bonchev–Trinajstić information content (AvgIpc) is 2.83. The predicted octanol–water partition coefficient (Wildman–Crippen LogP) is 3.24. The molecule has 8 nitrogen and oxygen atoms in total. The molecule has 0 spiro atoms. The van der Waals surface area contributed by atoms with Gasteiger partial charge in [-0.2, -0.15) is 5.26 Å². The molecule has 10 heteroatoms. The Kier molecular flexibility index (Phi) is 8.18. The van der Waals surface area contributed by atoms with Gasteiger partial charge in [0.1, 0.15) is 16.8 Å². The highest BCUT2D eigenvalue weighted by Crippen LogP contribution is 2.39. The summed E-state index contributed by atoms with van der Waals surface area (Å²) >= 11 is 2.10. The van der Waals surface area contributed by atoms with Crippen LogP contribution in [0.3, 0.4) is 0 Å². The third-order valence-electron chi connectivity index (χ3n) is 3.42. The molecule has 1 aliphatic rings. The van der Waals surface area contributed by atoms with Gasteiger partial charge in [0.2, 0.25) is 5.88 Å². The lowest BCUT2D eigenvalue weighted by Crippen LogP contribution is -2.21. The van der Waals surface area contributed by atoms with Crippen LogP contribution in [0.25, 0.3) is 0 Å². The molecule has 0 atom stereocenters. The average molecular weight is 434 g/mol. The standard InChI is InChI=1S/C19H19N3O5S2/c1-4-25-17(23)11(10-20)19(28-3)29-16-14(18(24)26-5-2)15(21)27-13-9-7-6-8-12(13)22-16/h6-9H,4-5,21H2,1-3H3. The Morgan fingerprint density at radius 3 is 2.55 bits per heavy atom. The molecule has 1 aliphatic heterocycles. The Labute approximate surface area is 176 Å². The van der Waals surface area contributed by atoms with Gasteiger partial charge >= 0.3 is 11.9 Å². The van der Waals surface area contributed by atoms with E-state index in [4.69, 9.17) is 19.9 Å². The number of aliphatic imine (C=N–C) groups is 1. The van der Waals surface area contributed by atoms with Gasteiger partial charge in [-0.1, -0.05) is 23.9 Å². The second-order valence-corrected chi connectivity index (χ2v) is 7.32. The lowest BCUT2D eigenvalue weighted by atomic mass is 10.3. The molecule has 1 aromatic rings. The van der Waals surface area contributed by atoms with E-state index in [0.29, 0.717) is 15.7 Å². The van der Waals surface area contributed by atoms with E-state index >= 15 is 0 Å². The fourth-order valence-electron chi connectivity index (χ4n) is 2.20. The molecule has 0 saturated heterocycles. The smallest absolute Gasteiger partial charge is 0.350 e. The van der Waals surface area contributed by atoms with Crippen molar-refractivity contribution in [3.8, 4) is 11.8 Å². The molecule has 0 saturated carbocycles. The fourth-order valence-corrected chi connectivity index (χ4v) is 3.94. The molecule has 0 fully saturated rings. The number of ether oxygens (including phenoxy) is 3. The first-order valence-corrected chi connectivity index (χ1v) is 10.6. The second-order valence-electron chi connectivity index (χ2n) is 5.25. The zero-order valence-corrected chi connectivity index (χ0v) is 17.7. The van der Waals surface area contributed by atoms with Gasteiger partial charge in [0.05, 0.1) is 17.5 Å². The number of para-hydroxylation sites is 2. The van der Waals surface area contributed by atoms with Gasteiger partial charge in [-0.15, -0.1) is 11.8 Å². The lowest BCUT2D eigenvalue weighted by Gasteiger charge is -2.12. The van der Waals surface area contributed by atoms with E-state index in [1.54, 1.807) is 44.4 Å². The number of benzene rings is 1. The number of rotatable bonds is 6. The maximum Gasteiger partial charge on any atom is 0.350 e. The molecule has 152 valence electrons. The first-order valence-electron chi connectivity index (χ1n) is 8.52. The Bertz CT molecular complexity index is 947. The number of carbonyl (C=O) groups is 2. The van der Waals surface area contributed by atoms with Crippen molar-refractivity contribution < 1.29 is 23.8 Å². The number of carbonyl (C=O) groups excluding carboxylic acids is 2. The molecule has 0 unspecified atom stereocenters. The first-order chi connectivity index (χ1) is 14.0. The molecule has 0 aliphatic carbocycles. The first kappa shape index (κ1) is 22.4. The zero-order valence-electron chi connectivity index (χ0n) is 16.1. The van der Waals surface area contributed by atoms with Gasteiger partial charge in [0, 0.05) is 0 Å². The van der Waals surface area contributed by atoms with Crippen molar-refractivity contribution in [2.75, 3.05) is 19.5 Å². The third-order valence-corrected chi connectivity index (χ3v) is 5.62. The number of hydrogen-bond donors (Lipinski definition) is 1. The number of nitrogens with two attached hydrogens (primary N) is 1. The molecule has 2 N–H and O–H groups in total. The van der Waals surface area contributed by atoms with Gasteiger partial charge in [-0.3, -0.25) is 0 Å². The summed E-state index contributed by atoms with van der Waals surface area (Å²) in [4.78, 5) is 29.2. The minimum Gasteiger partial charge on any atom is -0.462 e. The number of hydrogen-bond acceptors (Lipinski definition) is 10. The highest BCUT2D eigenvalue weighted by atomic mass is 32.2. The third kappa shape index (κ3) is 5.34. The predicted molar refractivity (Wildman–Crippen MR) is 112 cm³/mol. The van der Waals surface area contributed by atoms with Gasteiger partial charge in [-0.05, 0) is 32.2 Å². The topological polar surface area (TPSA) is 124 Å². The van der Waals surface area contributed by atoms with Crippen molar-refractivity contribution in [2.24, 2.45) is 10.7 Å². The van der Waals surface area contributed by atoms with E-state index in [9.17, 15) is 14.9 Å². The van der Waals surface area contributed by atoms with Crippen molar-refractivity contribution >= 4 is 46.2 Å². The quantitative estimate of drug-likeness (QED) is 0.409. The van der Waals surface area contributed by atoms with E-state index in [0.717, 1.165) is 23.5 Å². The maximum atomic E-state index is 12.6. The summed E-state index contributed by atoms with van der Waals surface area (Å²) < 4.78 is 15.9. The number of esters is 2. The van der Waals surface area contributed by atoms with Crippen molar-refractivity contribution in [2.45, 2.75) is 13.8 Å². The van der Waals surface area contributed by atoms with E-state index in [1.165, 1.54) is 0 Å². The normalized spacial score (nSPS) is 13.8. The summed E-state index contributed by atoms with van der Waals surface area (Å²) in [5.41, 5.74) is 6.20. The molecule has 1 heterocycles. The van der Waals surface area contributed by atoms with Crippen LogP contribution in [0.1, 0.15) is 13.8 Å². The molecular formula is C19H19N3O5S2. The Balaban J connectivity index is 2.61. The Morgan fingerprint density at radius 2 is 1.93 bits per heavy atom. The van der Waals surface area contributed by atoms with Crippen LogP contribution in [0.2, 0.25) is 0 Å². The molecule has 0 aromatic heterocycles. The molecule has 2 rings (SSSR count). The van der Waals surface area contributed by atoms with Crippen molar-refractivity contribution in [1.29, 1.82) is 5.26 Å². The molecule has 0 radical (unpaired) electrons. The van der Waals surface area contributed by atoms with Crippen LogP contribution in [-0.4, -0.2) is 36.5 Å². The van der Waals surface area contributed by atoms with Gasteiger partial charge < -0.3 is 19.9 Å². The lowest BCUT2D eigenvalue weighted by molar-refractivity contribution is -0.138. The van der Waals surface area contributed by atoms with Crippen molar-refractivity contribution in [3.63, 3.8) is 0 Å². The number of fused-ring (bicyclic) bond motifs is 1. The van der Waals surface area contributed by atoms with Gasteiger partial charge in [0.25, 0.3) is 0 Å². The molecule has 0 bridgehead atoms. The molecule has 0 amide bonds. The van der Waals surface area contributed by atoms with Crippen LogP contribution in [0.4, 0.5) is 5.69 Å². The molecular weight excluding hydrogens is 414 g/mol. The molecule has 29 heavy (non-hydrogen) atoms. The van der Waals surface area contributed by atoms with Crippen molar-refractivity contribution in [1.82, 2.24) is 0 Å². The van der Waals surface area contributed by atoms with Crippen LogP contribution in [0, 0.1) is 11.3 Å². The van der Waals surface area contributed by atoms with E-state index < -0.39 is 11.9 Å². The number of nitrogens with zero attached hydrogens (tertiary/aromatic N) is 2. The van der Waals surface area contributed by atoms with Gasteiger partial charge in [-0.25, -0.2) is 14.6 Å². The van der Waals surface area contributed by atoms with Crippen LogP contribution >= 0.6 is 23.5 Å². The van der Waals surface area contributed by atoms with Crippen LogP contribution in [0.5, 0.6) is 5.75 Å².